The molecule has 1 heterocycles. The molecule has 1 N–H and O–H groups in total. The Bertz CT molecular complexity index is 315. The normalized spacial score (nSPS) is 18.0. The largest absolute Gasteiger partial charge is 0.352 e. The van der Waals surface area contributed by atoms with Crippen LogP contribution in [0.1, 0.15) is 38.5 Å². The zero-order valence-electron chi connectivity index (χ0n) is 9.43. The van der Waals surface area contributed by atoms with E-state index in [4.69, 9.17) is 0 Å². The third-order valence-corrected chi connectivity index (χ3v) is 3.00. The average molecular weight is 222 g/mol. The highest BCUT2D eigenvalue weighted by atomic mass is 16.2. The van der Waals surface area contributed by atoms with Crippen LogP contribution in [0.15, 0.2) is 12.4 Å². The van der Waals surface area contributed by atoms with Crippen molar-refractivity contribution < 1.29 is 4.79 Å². The minimum atomic E-state index is 0.0393. The third-order valence-electron chi connectivity index (χ3n) is 3.00. The molecule has 88 valence electrons. The van der Waals surface area contributed by atoms with Gasteiger partial charge in [-0.1, -0.05) is 30.9 Å². The van der Waals surface area contributed by atoms with Crippen molar-refractivity contribution in [2.75, 3.05) is 0 Å². The van der Waals surface area contributed by atoms with Crippen LogP contribution in [0.2, 0.25) is 0 Å². The second-order valence-corrected chi connectivity index (χ2v) is 4.36. The zero-order valence-corrected chi connectivity index (χ0v) is 9.43. The van der Waals surface area contributed by atoms with E-state index >= 15 is 0 Å². The van der Waals surface area contributed by atoms with Crippen LogP contribution in [-0.4, -0.2) is 26.9 Å². The molecule has 0 aromatic carbocycles. The van der Waals surface area contributed by atoms with Gasteiger partial charge >= 0.3 is 0 Å². The summed E-state index contributed by atoms with van der Waals surface area (Å²) in [5.74, 6) is 0.0393. The maximum Gasteiger partial charge on any atom is 0.242 e. The van der Waals surface area contributed by atoms with Crippen LogP contribution in [0.3, 0.4) is 0 Å². The van der Waals surface area contributed by atoms with Crippen LogP contribution in [0.5, 0.6) is 0 Å². The molecule has 0 radical (unpaired) electrons. The average Bonchev–Trinajstić information content (AvgIpc) is 2.62. The highest BCUT2D eigenvalue weighted by Crippen LogP contribution is 2.16. The lowest BCUT2D eigenvalue weighted by molar-refractivity contribution is -0.122. The number of carbonyl (C=O) groups excluding carboxylic acids is 1. The second-order valence-electron chi connectivity index (χ2n) is 4.36. The third kappa shape index (κ3) is 3.32. The molecule has 0 spiro atoms. The van der Waals surface area contributed by atoms with E-state index in [1.807, 2.05) is 0 Å². The number of hydrogen-bond acceptors (Lipinski definition) is 3. The molecule has 0 unspecified atom stereocenters. The van der Waals surface area contributed by atoms with Crippen molar-refractivity contribution in [1.29, 1.82) is 0 Å². The molecule has 16 heavy (non-hydrogen) atoms. The summed E-state index contributed by atoms with van der Waals surface area (Å²) in [4.78, 5) is 11.7. The van der Waals surface area contributed by atoms with Crippen LogP contribution in [0.4, 0.5) is 0 Å². The first-order valence-electron chi connectivity index (χ1n) is 5.98. The lowest BCUT2D eigenvalue weighted by atomic mass is 10.1. The summed E-state index contributed by atoms with van der Waals surface area (Å²) in [5.41, 5.74) is 0. The lowest BCUT2D eigenvalue weighted by Crippen LogP contribution is -2.36. The SMILES string of the molecule is O=C(Cn1ccnn1)NC1CCCCCC1. The molecule has 0 atom stereocenters. The van der Waals surface area contributed by atoms with E-state index in [1.165, 1.54) is 25.7 Å². The number of nitrogens with zero attached hydrogens (tertiary/aromatic N) is 3. The first kappa shape index (κ1) is 11.1. The van der Waals surface area contributed by atoms with Gasteiger partial charge in [0.05, 0.1) is 6.20 Å². The highest BCUT2D eigenvalue weighted by Gasteiger charge is 2.14. The number of amides is 1. The Kier molecular flexibility index (Phi) is 3.91. The van der Waals surface area contributed by atoms with Gasteiger partial charge in [0.2, 0.25) is 5.91 Å². The zero-order chi connectivity index (χ0) is 11.2. The topological polar surface area (TPSA) is 59.8 Å². The molecule has 1 aliphatic carbocycles. The summed E-state index contributed by atoms with van der Waals surface area (Å²) >= 11 is 0. The fourth-order valence-corrected chi connectivity index (χ4v) is 2.16. The van der Waals surface area contributed by atoms with Crippen molar-refractivity contribution in [1.82, 2.24) is 20.3 Å². The van der Waals surface area contributed by atoms with E-state index in [9.17, 15) is 4.79 Å². The van der Waals surface area contributed by atoms with Crippen LogP contribution in [-0.2, 0) is 11.3 Å². The number of rotatable bonds is 3. The molecule has 1 aromatic heterocycles. The van der Waals surface area contributed by atoms with Gasteiger partial charge in [-0.2, -0.15) is 0 Å². The Labute approximate surface area is 95.2 Å². The molecule has 1 aromatic rings. The monoisotopic (exact) mass is 222 g/mol. The lowest BCUT2D eigenvalue weighted by Gasteiger charge is -2.15. The van der Waals surface area contributed by atoms with Crippen molar-refractivity contribution in [2.45, 2.75) is 51.1 Å². The Morgan fingerprint density at radius 1 is 1.31 bits per heavy atom. The van der Waals surface area contributed by atoms with Gasteiger partial charge in [-0.3, -0.25) is 4.79 Å². The second kappa shape index (κ2) is 5.63. The van der Waals surface area contributed by atoms with Gasteiger partial charge in [0.15, 0.2) is 0 Å². The summed E-state index contributed by atoms with van der Waals surface area (Å²) in [7, 11) is 0. The molecule has 2 rings (SSSR count). The van der Waals surface area contributed by atoms with Gasteiger partial charge in [0.1, 0.15) is 6.54 Å². The van der Waals surface area contributed by atoms with Crippen molar-refractivity contribution in [3.63, 3.8) is 0 Å². The van der Waals surface area contributed by atoms with Gasteiger partial charge in [-0.15, -0.1) is 5.10 Å². The van der Waals surface area contributed by atoms with Crippen LogP contribution in [0.25, 0.3) is 0 Å². The molecule has 1 aliphatic rings. The Balaban J connectivity index is 1.77. The van der Waals surface area contributed by atoms with Gasteiger partial charge in [-0.25, -0.2) is 4.68 Å². The summed E-state index contributed by atoms with van der Waals surface area (Å²) in [6.45, 7) is 0.274. The van der Waals surface area contributed by atoms with Gasteiger partial charge in [0, 0.05) is 12.2 Å². The molecule has 0 bridgehead atoms. The molecule has 1 fully saturated rings. The summed E-state index contributed by atoms with van der Waals surface area (Å²) in [5, 5.41) is 10.5. The number of nitrogens with one attached hydrogen (secondary N) is 1. The Hall–Kier alpha value is -1.39. The smallest absolute Gasteiger partial charge is 0.242 e. The maximum atomic E-state index is 11.7. The molecular weight excluding hydrogens is 204 g/mol. The predicted molar refractivity (Wildman–Crippen MR) is 59.7 cm³/mol. The molecule has 5 nitrogen and oxygen atoms in total. The first-order valence-corrected chi connectivity index (χ1v) is 5.98. The summed E-state index contributed by atoms with van der Waals surface area (Å²) in [6, 6.07) is 0.360. The first-order chi connectivity index (χ1) is 7.84. The highest BCUT2D eigenvalue weighted by molar-refractivity contribution is 5.75. The molecule has 1 amide bonds. The van der Waals surface area contributed by atoms with E-state index in [0.29, 0.717) is 6.04 Å². The number of hydrogen-bond donors (Lipinski definition) is 1. The van der Waals surface area contributed by atoms with Gasteiger partial charge < -0.3 is 5.32 Å². The quantitative estimate of drug-likeness (QED) is 0.779. The van der Waals surface area contributed by atoms with Gasteiger partial charge in [0.25, 0.3) is 0 Å². The molecule has 5 heteroatoms. The molecule has 1 saturated carbocycles. The Morgan fingerprint density at radius 2 is 2.06 bits per heavy atom. The van der Waals surface area contributed by atoms with Crippen molar-refractivity contribution in [2.24, 2.45) is 0 Å². The van der Waals surface area contributed by atoms with Crippen LogP contribution < -0.4 is 5.32 Å². The summed E-state index contributed by atoms with van der Waals surface area (Å²) < 4.78 is 1.55. The van der Waals surface area contributed by atoms with Crippen LogP contribution in [0, 0.1) is 0 Å². The van der Waals surface area contributed by atoms with Crippen molar-refractivity contribution in [3.8, 4) is 0 Å². The minimum absolute atomic E-state index is 0.0393. The van der Waals surface area contributed by atoms with E-state index in [1.54, 1.807) is 17.1 Å². The van der Waals surface area contributed by atoms with Gasteiger partial charge in [-0.05, 0) is 12.8 Å². The van der Waals surface area contributed by atoms with Crippen LogP contribution >= 0.6 is 0 Å². The molecular formula is C11H18N4O. The van der Waals surface area contributed by atoms with E-state index < -0.39 is 0 Å². The van der Waals surface area contributed by atoms with E-state index in [-0.39, 0.29) is 12.5 Å². The number of carbonyl (C=O) groups is 1. The van der Waals surface area contributed by atoms with E-state index in [2.05, 4.69) is 15.6 Å². The van der Waals surface area contributed by atoms with Crippen molar-refractivity contribution in [3.05, 3.63) is 12.4 Å². The Morgan fingerprint density at radius 3 is 2.69 bits per heavy atom. The standard InChI is InChI=1S/C11H18N4O/c16-11(9-15-8-7-12-14-15)13-10-5-3-1-2-4-6-10/h7-8,10H,1-6,9H2,(H,13,16). The maximum absolute atomic E-state index is 11.7. The molecule has 0 saturated heterocycles. The minimum Gasteiger partial charge on any atom is -0.352 e. The summed E-state index contributed by atoms with van der Waals surface area (Å²) in [6.07, 6.45) is 10.6. The number of aromatic nitrogens is 3. The fourth-order valence-electron chi connectivity index (χ4n) is 2.16. The fraction of sp³-hybridized carbons (Fsp3) is 0.727. The molecule has 0 aliphatic heterocycles. The predicted octanol–water partition coefficient (Wildman–Crippen LogP) is 1.12. The van der Waals surface area contributed by atoms with E-state index in [0.717, 1.165) is 12.8 Å². The van der Waals surface area contributed by atoms with Crippen molar-refractivity contribution >= 4 is 5.91 Å².